The van der Waals surface area contributed by atoms with Gasteiger partial charge in [0.2, 0.25) is 5.30 Å². The van der Waals surface area contributed by atoms with Crippen molar-refractivity contribution in [1.29, 1.82) is 0 Å². The van der Waals surface area contributed by atoms with Crippen LogP contribution in [0.5, 0.6) is 5.75 Å². The van der Waals surface area contributed by atoms with Crippen LogP contribution >= 0.6 is 8.03 Å². The van der Waals surface area contributed by atoms with Gasteiger partial charge in [-0.25, -0.2) is 4.98 Å². The summed E-state index contributed by atoms with van der Waals surface area (Å²) in [4.78, 5) is 41.7. The van der Waals surface area contributed by atoms with Crippen LogP contribution in [-0.2, 0) is 4.57 Å². The summed E-state index contributed by atoms with van der Waals surface area (Å²) in [6.45, 7) is 0. The molecule has 4 rings (SSSR count). The Balaban J connectivity index is 1.66. The molecule has 0 saturated carbocycles. The molecule has 4 aromatic rings. The van der Waals surface area contributed by atoms with Crippen LogP contribution in [0.25, 0.3) is 11.5 Å². The number of aromatic nitrogens is 4. The van der Waals surface area contributed by atoms with E-state index in [9.17, 15) is 19.0 Å². The van der Waals surface area contributed by atoms with Crippen molar-refractivity contribution < 1.29 is 19.0 Å². The van der Waals surface area contributed by atoms with E-state index in [1.807, 2.05) is 0 Å². The Kier molecular flexibility index (Phi) is 6.82. The van der Waals surface area contributed by atoms with E-state index in [0.29, 0.717) is 17.0 Å². The molecule has 2 heterocycles. The number of nitrogens with one attached hydrogen (secondary N) is 2. The van der Waals surface area contributed by atoms with E-state index >= 15 is 0 Å². The number of aromatic amines is 1. The van der Waals surface area contributed by atoms with Crippen LogP contribution < -0.4 is 20.9 Å². The van der Waals surface area contributed by atoms with Crippen molar-refractivity contribution in [3.63, 3.8) is 0 Å². The highest BCUT2D eigenvalue weighted by atomic mass is 31.1. The normalized spacial score (nSPS) is 12.0. The number of hydrogen-bond acceptors (Lipinski definition) is 7. The molecule has 0 aliphatic carbocycles. The maximum atomic E-state index is 13.1. The van der Waals surface area contributed by atoms with Crippen LogP contribution in [0.1, 0.15) is 27.5 Å². The molecular formula is C23H19N5O5P+. The summed E-state index contributed by atoms with van der Waals surface area (Å²) in [6.07, 6.45) is 2.68. The molecular weight excluding hydrogens is 457 g/mol. The molecule has 3 N–H and O–H groups in total. The highest BCUT2D eigenvalue weighted by Gasteiger charge is 2.22. The summed E-state index contributed by atoms with van der Waals surface area (Å²) in [5.74, 6) is 0.189. The molecule has 0 aliphatic rings. The van der Waals surface area contributed by atoms with E-state index < -0.39 is 25.5 Å². The Morgan fingerprint density at radius 3 is 2.32 bits per heavy atom. The second-order valence-electron chi connectivity index (χ2n) is 7.13. The van der Waals surface area contributed by atoms with Crippen molar-refractivity contribution in [1.82, 2.24) is 25.5 Å². The topological polar surface area (TPSA) is 147 Å². The van der Waals surface area contributed by atoms with Crippen LogP contribution in [0.2, 0.25) is 0 Å². The predicted octanol–water partition coefficient (Wildman–Crippen LogP) is 2.11. The quantitative estimate of drug-likeness (QED) is 0.344. The third-order valence-corrected chi connectivity index (χ3v) is 5.77. The van der Waals surface area contributed by atoms with Gasteiger partial charge < -0.3 is 15.0 Å². The number of methoxy groups -OCH3 is 1. The van der Waals surface area contributed by atoms with E-state index in [1.54, 1.807) is 55.6 Å². The van der Waals surface area contributed by atoms with Gasteiger partial charge in [-0.1, -0.05) is 24.3 Å². The molecule has 11 heteroatoms. The highest BCUT2D eigenvalue weighted by molar-refractivity contribution is 7.47. The largest absolute Gasteiger partial charge is 0.546 e. The highest BCUT2D eigenvalue weighted by Crippen LogP contribution is 2.25. The zero-order valence-electron chi connectivity index (χ0n) is 17.9. The summed E-state index contributed by atoms with van der Waals surface area (Å²) in [5.41, 5.74) is 0.927. The lowest BCUT2D eigenvalue weighted by atomic mass is 9.98. The summed E-state index contributed by atoms with van der Waals surface area (Å²) >= 11 is 0. The van der Waals surface area contributed by atoms with Crippen molar-refractivity contribution in [2.45, 2.75) is 6.04 Å². The molecule has 0 saturated heterocycles. The molecule has 2 atom stereocenters. The molecule has 2 aromatic heterocycles. The SMILES string of the molecule is COc1ccc(C(NC(=O)c2cnc(-c3cccnn3)[nH]c2=O)c2ccc([P+](=O)O)cc2)cc1. The Labute approximate surface area is 194 Å². The maximum Gasteiger partial charge on any atom is 0.546 e. The fraction of sp³-hybridized carbons (Fsp3) is 0.0870. The first-order chi connectivity index (χ1) is 16.5. The lowest BCUT2D eigenvalue weighted by molar-refractivity contribution is 0.0941. The fourth-order valence-corrected chi connectivity index (χ4v) is 3.68. The van der Waals surface area contributed by atoms with Gasteiger partial charge in [0.15, 0.2) is 5.82 Å². The second-order valence-corrected chi connectivity index (χ2v) is 8.19. The van der Waals surface area contributed by atoms with Crippen molar-refractivity contribution >= 4 is 19.2 Å². The summed E-state index contributed by atoms with van der Waals surface area (Å²) in [6, 6.07) is 16.0. The van der Waals surface area contributed by atoms with Gasteiger partial charge in [0.1, 0.15) is 17.0 Å². The van der Waals surface area contributed by atoms with E-state index in [4.69, 9.17) is 4.74 Å². The molecule has 2 unspecified atom stereocenters. The summed E-state index contributed by atoms with van der Waals surface area (Å²) in [5, 5.41) is 10.8. The molecule has 1 amide bonds. The summed E-state index contributed by atoms with van der Waals surface area (Å²) < 4.78 is 16.6. The van der Waals surface area contributed by atoms with Crippen molar-refractivity contribution in [3.05, 3.63) is 100 Å². The van der Waals surface area contributed by atoms with Crippen molar-refractivity contribution in [2.75, 3.05) is 7.11 Å². The standard InChI is InChI=1S/C23H18N5O5P/c1-33-16-8-4-14(5-9-16)20(15-6-10-17(11-7-15)34(31)32)26-22(29)18-13-24-21(27-23(18)30)19-3-2-12-25-28-19/h2-13,20H,1H3,(H2-,24,26,27,29,30,31,32)/p+1. The molecule has 0 spiro atoms. The van der Waals surface area contributed by atoms with Gasteiger partial charge in [-0.2, -0.15) is 9.99 Å². The van der Waals surface area contributed by atoms with Gasteiger partial charge in [-0.05, 0) is 52.1 Å². The van der Waals surface area contributed by atoms with Crippen molar-refractivity contribution in [2.24, 2.45) is 0 Å². The Morgan fingerprint density at radius 1 is 1.09 bits per heavy atom. The van der Waals surface area contributed by atoms with Gasteiger partial charge in [0.05, 0.1) is 13.2 Å². The average molecular weight is 476 g/mol. The van der Waals surface area contributed by atoms with E-state index in [2.05, 4.69) is 25.5 Å². The maximum absolute atomic E-state index is 13.1. The Hall–Kier alpha value is -4.27. The molecule has 0 bridgehead atoms. The number of hydrogen-bond donors (Lipinski definition) is 3. The van der Waals surface area contributed by atoms with Crippen LogP contribution in [0.3, 0.4) is 0 Å². The van der Waals surface area contributed by atoms with Gasteiger partial charge in [0.25, 0.3) is 11.5 Å². The smallest absolute Gasteiger partial charge is 0.497 e. The number of rotatable bonds is 7. The van der Waals surface area contributed by atoms with Crippen LogP contribution in [-0.4, -0.2) is 38.1 Å². The average Bonchev–Trinajstić information content (AvgIpc) is 2.87. The van der Waals surface area contributed by atoms with Gasteiger partial charge in [-0.15, -0.1) is 5.10 Å². The fourth-order valence-electron chi connectivity index (χ4n) is 3.27. The van der Waals surface area contributed by atoms with Crippen molar-refractivity contribution in [3.8, 4) is 17.3 Å². The molecule has 2 aromatic carbocycles. The molecule has 0 fully saturated rings. The lowest BCUT2D eigenvalue weighted by Crippen LogP contribution is -2.33. The number of carbonyl (C=O) groups is 1. The third kappa shape index (κ3) is 5.03. The van der Waals surface area contributed by atoms with Gasteiger partial charge >= 0.3 is 8.03 Å². The van der Waals surface area contributed by atoms with Crippen LogP contribution in [0.4, 0.5) is 0 Å². The Bertz CT molecular complexity index is 1380. The van der Waals surface area contributed by atoms with Crippen LogP contribution in [0, 0.1) is 0 Å². The first kappa shape index (κ1) is 22.9. The minimum absolute atomic E-state index is 0.179. The zero-order valence-corrected chi connectivity index (χ0v) is 18.8. The zero-order chi connectivity index (χ0) is 24.1. The number of ether oxygens (including phenoxy) is 1. The van der Waals surface area contributed by atoms with Gasteiger partial charge in [-0.3, -0.25) is 9.59 Å². The number of amides is 1. The van der Waals surface area contributed by atoms with Gasteiger partial charge in [0, 0.05) is 12.4 Å². The lowest BCUT2D eigenvalue weighted by Gasteiger charge is -2.20. The molecule has 0 radical (unpaired) electrons. The number of H-pyrrole nitrogens is 1. The number of benzene rings is 2. The van der Waals surface area contributed by atoms with E-state index in [0.717, 1.165) is 5.56 Å². The molecule has 0 aliphatic heterocycles. The monoisotopic (exact) mass is 476 g/mol. The predicted molar refractivity (Wildman–Crippen MR) is 124 cm³/mol. The summed E-state index contributed by atoms with van der Waals surface area (Å²) in [7, 11) is -0.936. The molecule has 170 valence electrons. The minimum atomic E-state index is -2.48. The molecule has 10 nitrogen and oxygen atoms in total. The van der Waals surface area contributed by atoms with E-state index in [1.165, 1.54) is 24.5 Å². The van der Waals surface area contributed by atoms with Crippen LogP contribution in [0.15, 0.2) is 77.9 Å². The van der Waals surface area contributed by atoms with E-state index in [-0.39, 0.29) is 16.7 Å². The Morgan fingerprint density at radius 2 is 1.76 bits per heavy atom. The first-order valence-electron chi connectivity index (χ1n) is 10.0. The molecule has 34 heavy (non-hydrogen) atoms. The third-order valence-electron chi connectivity index (χ3n) is 5.03. The second kappa shape index (κ2) is 10.1. The first-order valence-corrected chi connectivity index (χ1v) is 11.3. The number of nitrogens with zero attached hydrogens (tertiary/aromatic N) is 3. The minimum Gasteiger partial charge on any atom is -0.497 e. The number of carbonyl (C=O) groups excluding carboxylic acids is 1.